The molecule has 0 saturated carbocycles. The molecular weight excluding hydrogens is 694 g/mol. The topological polar surface area (TPSA) is 33.5 Å². The molecule has 0 bridgehead atoms. The fourth-order valence-electron chi connectivity index (χ4n) is 4.47. The van der Waals surface area contributed by atoms with Crippen LogP contribution < -0.4 is 57.1 Å². The zero-order chi connectivity index (χ0) is 25.0. The molecule has 0 saturated heterocycles. The van der Waals surface area contributed by atoms with Crippen molar-refractivity contribution < 1.29 is 57.1 Å². The van der Waals surface area contributed by atoms with Crippen molar-refractivity contribution in [2.75, 3.05) is 0 Å². The first kappa shape index (κ1) is 32.3. The highest BCUT2D eigenvalue weighted by molar-refractivity contribution is 5.67. The lowest BCUT2D eigenvalue weighted by Gasteiger charge is -2.05. The van der Waals surface area contributed by atoms with Gasteiger partial charge < -0.3 is 48.0 Å². The van der Waals surface area contributed by atoms with Crippen LogP contribution in [0.2, 0.25) is 0 Å². The van der Waals surface area contributed by atoms with Crippen LogP contribution in [0.5, 0.6) is 0 Å². The minimum absolute atomic E-state index is 0. The van der Waals surface area contributed by atoms with E-state index in [4.69, 9.17) is 9.97 Å². The average molecular weight is 735 g/mol. The van der Waals surface area contributed by atoms with Gasteiger partial charge in [-0.3, -0.25) is 9.97 Å². The summed E-state index contributed by atoms with van der Waals surface area (Å²) in [5, 5.41) is 0. The van der Waals surface area contributed by atoms with Crippen LogP contribution >= 0.6 is 0 Å². The van der Waals surface area contributed by atoms with Gasteiger partial charge in [-0.2, -0.15) is 0 Å². The van der Waals surface area contributed by atoms with Gasteiger partial charge in [0.05, 0.1) is 11.4 Å². The maximum Gasteiger partial charge on any atom is 0.169 e. The highest BCUT2D eigenvalue weighted by Gasteiger charge is 2.08. The zero-order valence-corrected chi connectivity index (χ0v) is 27.0. The summed E-state index contributed by atoms with van der Waals surface area (Å²) in [6.45, 7) is 6.67. The molecule has 0 aliphatic rings. The summed E-state index contributed by atoms with van der Waals surface area (Å²) < 4.78 is 4.54. The molecule has 4 aromatic heterocycles. The average Bonchev–Trinajstić information content (AvgIpc) is 2.94. The van der Waals surface area contributed by atoms with E-state index in [1.807, 2.05) is 12.4 Å². The van der Waals surface area contributed by atoms with Gasteiger partial charge in [0.2, 0.25) is 0 Å². The Morgan fingerprint density at radius 1 is 0.474 bits per heavy atom. The SMILES string of the molecule is CCCCCC[n+]1ccc(-c2ccc(-c3ccc(-c4cc[n+](CCCCCC)cc4)cn3)nc2)cc1.[I-].[I-]. The third kappa shape index (κ3) is 9.67. The van der Waals surface area contributed by atoms with Gasteiger partial charge in [0.25, 0.3) is 0 Å². The van der Waals surface area contributed by atoms with Crippen LogP contribution in [0.1, 0.15) is 65.2 Å². The van der Waals surface area contributed by atoms with E-state index in [1.54, 1.807) is 0 Å². The van der Waals surface area contributed by atoms with Crippen LogP contribution in [0.3, 0.4) is 0 Å². The minimum Gasteiger partial charge on any atom is -1.00 e. The third-order valence-electron chi connectivity index (χ3n) is 6.78. The molecule has 6 heteroatoms. The smallest absolute Gasteiger partial charge is 0.169 e. The Morgan fingerprint density at radius 2 is 0.868 bits per heavy atom. The monoisotopic (exact) mass is 734 g/mol. The number of hydrogen-bond acceptors (Lipinski definition) is 2. The Labute approximate surface area is 263 Å². The first-order valence-corrected chi connectivity index (χ1v) is 13.7. The Balaban J connectivity index is 0.00000253. The number of aromatic nitrogens is 4. The van der Waals surface area contributed by atoms with E-state index in [0.717, 1.165) is 35.6 Å². The van der Waals surface area contributed by atoms with Gasteiger partial charge in [0.1, 0.15) is 13.1 Å². The quantitative estimate of drug-likeness (QED) is 0.118. The predicted octanol–water partition coefficient (Wildman–Crippen LogP) is 1.22. The zero-order valence-electron chi connectivity index (χ0n) is 22.7. The summed E-state index contributed by atoms with van der Waals surface area (Å²) in [7, 11) is 0. The van der Waals surface area contributed by atoms with E-state index in [0.29, 0.717) is 0 Å². The van der Waals surface area contributed by atoms with Gasteiger partial charge in [-0.05, 0) is 36.1 Å². The molecule has 4 heterocycles. The number of pyridine rings is 4. The van der Waals surface area contributed by atoms with Crippen LogP contribution in [-0.4, -0.2) is 9.97 Å². The van der Waals surface area contributed by atoms with Gasteiger partial charge in [-0.1, -0.05) is 51.7 Å². The number of unbranched alkanes of at least 4 members (excludes halogenated alkanes) is 6. The molecule has 0 amide bonds. The fraction of sp³-hybridized carbons (Fsp3) is 0.375. The molecule has 0 fully saturated rings. The number of halogens is 2. The second-order valence-electron chi connectivity index (χ2n) is 9.63. The molecule has 0 radical (unpaired) electrons. The summed E-state index contributed by atoms with van der Waals surface area (Å²) in [4.78, 5) is 9.40. The molecule has 0 unspecified atom stereocenters. The first-order chi connectivity index (χ1) is 17.8. The predicted molar refractivity (Wildman–Crippen MR) is 147 cm³/mol. The van der Waals surface area contributed by atoms with Crippen molar-refractivity contribution in [2.45, 2.75) is 78.3 Å². The molecule has 202 valence electrons. The van der Waals surface area contributed by atoms with Crippen LogP contribution in [-0.2, 0) is 13.1 Å². The largest absolute Gasteiger partial charge is 1.00 e. The number of aryl methyl sites for hydroxylation is 2. The molecular formula is C32H40I2N4. The van der Waals surface area contributed by atoms with Crippen molar-refractivity contribution in [3.05, 3.63) is 85.7 Å². The maximum absolute atomic E-state index is 4.70. The van der Waals surface area contributed by atoms with E-state index in [-0.39, 0.29) is 48.0 Å². The second-order valence-corrected chi connectivity index (χ2v) is 9.63. The molecule has 0 aliphatic carbocycles. The van der Waals surface area contributed by atoms with Gasteiger partial charge in [-0.15, -0.1) is 0 Å². The molecule has 4 rings (SSSR count). The van der Waals surface area contributed by atoms with Crippen molar-refractivity contribution in [1.29, 1.82) is 0 Å². The molecule has 0 N–H and O–H groups in total. The van der Waals surface area contributed by atoms with Crippen LogP contribution in [0, 0.1) is 0 Å². The third-order valence-corrected chi connectivity index (χ3v) is 6.78. The standard InChI is InChI=1S/C32H40N4.2HI/c1-3-5-7-9-19-35-21-15-27(16-22-35)29-11-13-31(33-25-29)32-14-12-30(26-34-32)28-17-23-36(24-18-28)20-10-8-6-4-2;;/h11-18,21-26H,3-10,19-20H2,1-2H3;2*1H/q+2;;/p-2. The Hall–Kier alpha value is -1.94. The highest BCUT2D eigenvalue weighted by Crippen LogP contribution is 2.23. The number of hydrogen-bond donors (Lipinski definition) is 0. The Morgan fingerprint density at radius 3 is 1.18 bits per heavy atom. The van der Waals surface area contributed by atoms with Crippen molar-refractivity contribution >= 4 is 0 Å². The van der Waals surface area contributed by atoms with Crippen LogP contribution in [0.25, 0.3) is 33.6 Å². The molecule has 4 nitrogen and oxygen atoms in total. The Kier molecular flexibility index (Phi) is 15.0. The summed E-state index contributed by atoms with van der Waals surface area (Å²) in [6, 6.07) is 17.1. The van der Waals surface area contributed by atoms with Crippen LogP contribution in [0.15, 0.2) is 85.7 Å². The van der Waals surface area contributed by atoms with E-state index in [2.05, 4.69) is 96.3 Å². The van der Waals surface area contributed by atoms with E-state index in [1.165, 1.54) is 62.5 Å². The summed E-state index contributed by atoms with van der Waals surface area (Å²) in [6.07, 6.45) is 22.9. The van der Waals surface area contributed by atoms with E-state index in [9.17, 15) is 0 Å². The normalized spacial score (nSPS) is 10.5. The minimum atomic E-state index is 0. The van der Waals surface area contributed by atoms with Crippen molar-refractivity contribution in [1.82, 2.24) is 9.97 Å². The molecule has 0 spiro atoms. The van der Waals surface area contributed by atoms with Gasteiger partial charge in [0.15, 0.2) is 24.8 Å². The molecule has 0 atom stereocenters. The number of nitrogens with zero attached hydrogens (tertiary/aromatic N) is 4. The molecule has 0 aromatic carbocycles. The van der Waals surface area contributed by atoms with Gasteiger partial charge in [0, 0.05) is 60.6 Å². The highest BCUT2D eigenvalue weighted by atomic mass is 127. The summed E-state index contributed by atoms with van der Waals surface area (Å²) >= 11 is 0. The molecule has 38 heavy (non-hydrogen) atoms. The van der Waals surface area contributed by atoms with Gasteiger partial charge >= 0.3 is 0 Å². The van der Waals surface area contributed by atoms with Crippen molar-refractivity contribution in [3.8, 4) is 33.6 Å². The molecule has 0 aliphatic heterocycles. The maximum atomic E-state index is 4.70. The fourth-order valence-corrected chi connectivity index (χ4v) is 4.47. The van der Waals surface area contributed by atoms with E-state index >= 15 is 0 Å². The van der Waals surface area contributed by atoms with Gasteiger partial charge in [-0.25, -0.2) is 9.13 Å². The summed E-state index contributed by atoms with van der Waals surface area (Å²) in [5.41, 5.74) is 6.42. The second kappa shape index (κ2) is 17.6. The van der Waals surface area contributed by atoms with E-state index < -0.39 is 0 Å². The van der Waals surface area contributed by atoms with Crippen molar-refractivity contribution in [3.63, 3.8) is 0 Å². The first-order valence-electron chi connectivity index (χ1n) is 13.7. The number of rotatable bonds is 13. The lowest BCUT2D eigenvalue weighted by atomic mass is 10.1. The lowest BCUT2D eigenvalue weighted by molar-refractivity contribution is -0.697. The van der Waals surface area contributed by atoms with Crippen LogP contribution in [0.4, 0.5) is 0 Å². The Bertz CT molecular complexity index is 1080. The molecule has 4 aromatic rings. The van der Waals surface area contributed by atoms with Crippen molar-refractivity contribution in [2.24, 2.45) is 0 Å². The summed E-state index contributed by atoms with van der Waals surface area (Å²) in [5.74, 6) is 0. The lowest BCUT2D eigenvalue weighted by Crippen LogP contribution is -3.00.